The van der Waals surface area contributed by atoms with E-state index in [1.54, 1.807) is 0 Å². The van der Waals surface area contributed by atoms with E-state index in [0.29, 0.717) is 5.92 Å². The number of benzene rings is 1. The topological polar surface area (TPSA) is 49.5 Å². The molecule has 3 N–H and O–H groups in total. The summed E-state index contributed by atoms with van der Waals surface area (Å²) in [5, 5.41) is 9.31. The first-order chi connectivity index (χ1) is 8.47. The van der Waals surface area contributed by atoms with Crippen LogP contribution in [0.2, 0.25) is 0 Å². The lowest BCUT2D eigenvalue weighted by Crippen LogP contribution is -2.37. The molecule has 0 unspecified atom stereocenters. The number of aliphatic hydroxyl groups is 1. The molecule has 4 heteroatoms. The number of halogens is 1. The van der Waals surface area contributed by atoms with Gasteiger partial charge in [-0.1, -0.05) is 6.07 Å². The van der Waals surface area contributed by atoms with E-state index in [1.807, 2.05) is 6.92 Å². The van der Waals surface area contributed by atoms with Crippen molar-refractivity contribution in [3.05, 3.63) is 28.2 Å². The highest BCUT2D eigenvalue weighted by molar-refractivity contribution is 9.10. The van der Waals surface area contributed by atoms with Gasteiger partial charge in [0.05, 0.1) is 11.8 Å². The first-order valence-electron chi connectivity index (χ1n) is 6.41. The highest BCUT2D eigenvalue weighted by Crippen LogP contribution is 2.32. The monoisotopic (exact) mass is 312 g/mol. The fourth-order valence-corrected chi connectivity index (χ4v) is 3.15. The van der Waals surface area contributed by atoms with E-state index in [0.717, 1.165) is 29.4 Å². The molecule has 0 aromatic heterocycles. The van der Waals surface area contributed by atoms with E-state index < -0.39 is 0 Å². The normalized spacial score (nSPS) is 24.5. The van der Waals surface area contributed by atoms with Crippen LogP contribution in [0.25, 0.3) is 0 Å². The Morgan fingerprint density at radius 3 is 2.67 bits per heavy atom. The minimum Gasteiger partial charge on any atom is -0.393 e. The summed E-state index contributed by atoms with van der Waals surface area (Å²) in [5.74, 6) is 0.616. The Morgan fingerprint density at radius 2 is 2.17 bits per heavy atom. The first-order valence-corrected chi connectivity index (χ1v) is 7.21. The maximum absolute atomic E-state index is 9.31. The maximum Gasteiger partial charge on any atom is 0.0546 e. The number of anilines is 1. The van der Waals surface area contributed by atoms with Gasteiger partial charge in [0.1, 0.15) is 0 Å². The molecule has 0 bridgehead atoms. The molecular formula is C14H21BrN2O. The fraction of sp³-hybridized carbons (Fsp3) is 0.571. The standard InChI is InChI=1S/C14H21BrN2O/c1-9(16)11-3-4-14(13(15)7-11)17(2)8-10-5-12(18)6-10/h3-4,7,9-10,12,18H,5-6,8,16H2,1-2H3/t9-,10?,12?/m1/s1. The Balaban J connectivity index is 2.03. The van der Waals surface area contributed by atoms with Crippen molar-refractivity contribution in [2.45, 2.75) is 31.9 Å². The van der Waals surface area contributed by atoms with Crippen molar-refractivity contribution in [3.8, 4) is 0 Å². The average molecular weight is 313 g/mol. The van der Waals surface area contributed by atoms with Gasteiger partial charge in [-0.25, -0.2) is 0 Å². The largest absolute Gasteiger partial charge is 0.393 e. The molecule has 3 nitrogen and oxygen atoms in total. The molecule has 1 atom stereocenters. The lowest BCUT2D eigenvalue weighted by molar-refractivity contribution is 0.0464. The van der Waals surface area contributed by atoms with Crippen LogP contribution in [0, 0.1) is 5.92 Å². The summed E-state index contributed by atoms with van der Waals surface area (Å²) in [7, 11) is 2.09. The van der Waals surface area contributed by atoms with Crippen LogP contribution in [0.15, 0.2) is 22.7 Å². The molecule has 1 aromatic rings. The predicted molar refractivity (Wildman–Crippen MR) is 78.7 cm³/mol. The smallest absolute Gasteiger partial charge is 0.0546 e. The first kappa shape index (κ1) is 13.8. The second kappa shape index (κ2) is 5.59. The number of hydrogen-bond donors (Lipinski definition) is 2. The van der Waals surface area contributed by atoms with Gasteiger partial charge in [-0.15, -0.1) is 0 Å². The molecule has 0 radical (unpaired) electrons. The van der Waals surface area contributed by atoms with Crippen molar-refractivity contribution in [1.29, 1.82) is 0 Å². The van der Waals surface area contributed by atoms with Crippen LogP contribution in [-0.4, -0.2) is 24.8 Å². The molecule has 1 saturated carbocycles. The predicted octanol–water partition coefficient (Wildman–Crippen LogP) is 2.68. The molecule has 1 fully saturated rings. The molecule has 2 rings (SSSR count). The van der Waals surface area contributed by atoms with Crippen molar-refractivity contribution in [1.82, 2.24) is 0 Å². The fourth-order valence-electron chi connectivity index (χ4n) is 2.45. The molecule has 0 heterocycles. The van der Waals surface area contributed by atoms with Crippen LogP contribution in [-0.2, 0) is 0 Å². The van der Waals surface area contributed by atoms with Gasteiger partial charge in [-0.2, -0.15) is 0 Å². The zero-order chi connectivity index (χ0) is 13.3. The van der Waals surface area contributed by atoms with Crippen molar-refractivity contribution in [2.75, 3.05) is 18.5 Å². The number of nitrogens with zero attached hydrogens (tertiary/aromatic N) is 1. The van der Waals surface area contributed by atoms with Gasteiger partial charge in [0.15, 0.2) is 0 Å². The van der Waals surface area contributed by atoms with Gasteiger partial charge in [0.2, 0.25) is 0 Å². The zero-order valence-corrected chi connectivity index (χ0v) is 12.5. The van der Waals surface area contributed by atoms with Crippen molar-refractivity contribution >= 4 is 21.6 Å². The van der Waals surface area contributed by atoms with Crippen LogP contribution in [0.1, 0.15) is 31.4 Å². The molecule has 0 aliphatic heterocycles. The lowest BCUT2D eigenvalue weighted by Gasteiger charge is -2.35. The van der Waals surface area contributed by atoms with Gasteiger partial charge in [-0.05, 0) is 59.3 Å². The van der Waals surface area contributed by atoms with Crippen LogP contribution >= 0.6 is 15.9 Å². The highest BCUT2D eigenvalue weighted by atomic mass is 79.9. The Hall–Kier alpha value is -0.580. The Kier molecular flexibility index (Phi) is 4.30. The number of rotatable bonds is 4. The molecule has 100 valence electrons. The maximum atomic E-state index is 9.31. The highest BCUT2D eigenvalue weighted by Gasteiger charge is 2.28. The van der Waals surface area contributed by atoms with Crippen molar-refractivity contribution < 1.29 is 5.11 Å². The van der Waals surface area contributed by atoms with Crippen LogP contribution in [0.3, 0.4) is 0 Å². The quantitative estimate of drug-likeness (QED) is 0.898. The number of aliphatic hydroxyl groups excluding tert-OH is 1. The molecule has 0 spiro atoms. The third kappa shape index (κ3) is 3.05. The summed E-state index contributed by atoms with van der Waals surface area (Å²) in [5.41, 5.74) is 8.19. The second-order valence-electron chi connectivity index (χ2n) is 5.37. The summed E-state index contributed by atoms with van der Waals surface area (Å²) in [6, 6.07) is 6.34. The molecule has 0 saturated heterocycles. The number of nitrogens with two attached hydrogens (primary N) is 1. The summed E-state index contributed by atoms with van der Waals surface area (Å²) in [6.07, 6.45) is 1.78. The van der Waals surface area contributed by atoms with Gasteiger partial charge in [0.25, 0.3) is 0 Å². The van der Waals surface area contributed by atoms with Crippen LogP contribution in [0.4, 0.5) is 5.69 Å². The molecule has 1 aromatic carbocycles. The Labute approximate surface area is 117 Å². The van der Waals surface area contributed by atoms with Gasteiger partial charge in [-0.3, -0.25) is 0 Å². The van der Waals surface area contributed by atoms with Crippen molar-refractivity contribution in [3.63, 3.8) is 0 Å². The minimum atomic E-state index is -0.0766. The van der Waals surface area contributed by atoms with Gasteiger partial charge >= 0.3 is 0 Å². The molecular weight excluding hydrogens is 292 g/mol. The van der Waals surface area contributed by atoms with E-state index in [4.69, 9.17) is 5.73 Å². The second-order valence-corrected chi connectivity index (χ2v) is 6.23. The SMILES string of the molecule is C[C@@H](N)c1ccc(N(C)CC2CC(O)C2)c(Br)c1. The summed E-state index contributed by atoms with van der Waals surface area (Å²) >= 11 is 3.61. The minimum absolute atomic E-state index is 0.0578. The van der Waals surface area contributed by atoms with E-state index in [2.05, 4.69) is 46.1 Å². The average Bonchev–Trinajstić information content (AvgIpc) is 2.26. The lowest BCUT2D eigenvalue weighted by atomic mass is 9.82. The molecule has 1 aliphatic carbocycles. The number of hydrogen-bond acceptors (Lipinski definition) is 3. The third-order valence-electron chi connectivity index (χ3n) is 3.65. The van der Waals surface area contributed by atoms with Crippen LogP contribution in [0.5, 0.6) is 0 Å². The zero-order valence-electron chi connectivity index (χ0n) is 10.9. The Bertz CT molecular complexity index is 416. The Morgan fingerprint density at radius 1 is 1.50 bits per heavy atom. The van der Waals surface area contributed by atoms with Gasteiger partial charge < -0.3 is 15.7 Å². The summed E-state index contributed by atoms with van der Waals surface area (Å²) in [6.45, 7) is 2.98. The summed E-state index contributed by atoms with van der Waals surface area (Å²) in [4.78, 5) is 2.24. The third-order valence-corrected chi connectivity index (χ3v) is 4.29. The van der Waals surface area contributed by atoms with Crippen LogP contribution < -0.4 is 10.6 Å². The molecule has 0 amide bonds. The van der Waals surface area contributed by atoms with E-state index in [1.165, 1.54) is 5.69 Å². The summed E-state index contributed by atoms with van der Waals surface area (Å²) < 4.78 is 1.08. The molecule has 18 heavy (non-hydrogen) atoms. The van der Waals surface area contributed by atoms with E-state index in [9.17, 15) is 5.11 Å². The molecule has 1 aliphatic rings. The van der Waals surface area contributed by atoms with Crippen molar-refractivity contribution in [2.24, 2.45) is 11.7 Å². The van der Waals surface area contributed by atoms with E-state index in [-0.39, 0.29) is 12.1 Å². The van der Waals surface area contributed by atoms with E-state index >= 15 is 0 Å². The van der Waals surface area contributed by atoms with Gasteiger partial charge in [0, 0.05) is 24.1 Å².